The summed E-state index contributed by atoms with van der Waals surface area (Å²) in [5.74, 6) is -0.151. The van der Waals surface area contributed by atoms with Crippen LogP contribution in [0.3, 0.4) is 0 Å². The maximum Gasteiger partial charge on any atom is 0.252 e. The number of nitrogens with one attached hydrogen (secondary N) is 1. The van der Waals surface area contributed by atoms with Gasteiger partial charge >= 0.3 is 0 Å². The van der Waals surface area contributed by atoms with Gasteiger partial charge in [-0.2, -0.15) is 5.10 Å². The van der Waals surface area contributed by atoms with E-state index in [9.17, 15) is 4.79 Å². The van der Waals surface area contributed by atoms with Crippen molar-refractivity contribution in [2.75, 3.05) is 0 Å². The summed E-state index contributed by atoms with van der Waals surface area (Å²) in [6.07, 6.45) is 5.18. The Labute approximate surface area is 169 Å². The molecule has 0 unspecified atom stereocenters. The minimum absolute atomic E-state index is 0.137. The zero-order valence-corrected chi connectivity index (χ0v) is 16.7. The number of rotatable bonds is 5. The highest BCUT2D eigenvalue weighted by Crippen LogP contribution is 2.27. The zero-order valence-electron chi connectivity index (χ0n) is 16.7. The van der Waals surface area contributed by atoms with Gasteiger partial charge in [0.05, 0.1) is 28.9 Å². The van der Waals surface area contributed by atoms with Crippen molar-refractivity contribution in [1.82, 2.24) is 25.1 Å². The van der Waals surface area contributed by atoms with Gasteiger partial charge in [0.2, 0.25) is 0 Å². The van der Waals surface area contributed by atoms with Crippen molar-refractivity contribution >= 4 is 16.9 Å². The molecule has 3 heterocycles. The summed E-state index contributed by atoms with van der Waals surface area (Å²) in [5.41, 5.74) is 3.99. The van der Waals surface area contributed by atoms with Crippen LogP contribution in [-0.4, -0.2) is 25.7 Å². The van der Waals surface area contributed by atoms with Crippen LogP contribution in [0.2, 0.25) is 0 Å². The molecule has 0 saturated carbocycles. The van der Waals surface area contributed by atoms with E-state index >= 15 is 0 Å². The molecule has 146 valence electrons. The van der Waals surface area contributed by atoms with Gasteiger partial charge in [-0.1, -0.05) is 30.3 Å². The first-order valence-electron chi connectivity index (χ1n) is 9.69. The first-order chi connectivity index (χ1) is 14.0. The van der Waals surface area contributed by atoms with Crippen molar-refractivity contribution in [3.8, 4) is 11.3 Å². The summed E-state index contributed by atoms with van der Waals surface area (Å²) < 4.78 is 1.85. The Balaban J connectivity index is 1.79. The van der Waals surface area contributed by atoms with Gasteiger partial charge in [-0.15, -0.1) is 0 Å². The fraction of sp³-hybridized carbons (Fsp3) is 0.217. The van der Waals surface area contributed by atoms with Gasteiger partial charge < -0.3 is 5.32 Å². The summed E-state index contributed by atoms with van der Waals surface area (Å²) in [6.45, 7) is 6.06. The van der Waals surface area contributed by atoms with Crippen LogP contribution in [0.15, 0.2) is 67.1 Å². The van der Waals surface area contributed by atoms with E-state index in [0.29, 0.717) is 11.2 Å². The van der Waals surface area contributed by atoms with Gasteiger partial charge in [-0.25, -0.2) is 9.67 Å². The molecule has 6 nitrogen and oxygen atoms in total. The average molecular weight is 385 g/mol. The smallest absolute Gasteiger partial charge is 0.252 e. The first-order valence-corrected chi connectivity index (χ1v) is 9.69. The molecule has 0 aliphatic rings. The van der Waals surface area contributed by atoms with Crippen molar-refractivity contribution in [3.63, 3.8) is 0 Å². The number of carbonyl (C=O) groups excluding carboxylic acids is 1. The van der Waals surface area contributed by atoms with Gasteiger partial charge in [-0.3, -0.25) is 9.78 Å². The zero-order chi connectivity index (χ0) is 20.4. The number of nitrogens with zero attached hydrogens (tertiary/aromatic N) is 4. The minimum atomic E-state index is -0.151. The first kappa shape index (κ1) is 18.8. The second-order valence-corrected chi connectivity index (χ2v) is 7.32. The normalized spacial score (nSPS) is 12.3. The molecule has 0 aliphatic heterocycles. The number of pyridine rings is 2. The van der Waals surface area contributed by atoms with Gasteiger partial charge in [0.15, 0.2) is 5.65 Å². The van der Waals surface area contributed by atoms with E-state index in [4.69, 9.17) is 4.98 Å². The number of hydrogen-bond acceptors (Lipinski definition) is 4. The predicted molar refractivity (Wildman–Crippen MR) is 113 cm³/mol. The lowest BCUT2D eigenvalue weighted by atomic mass is 10.1. The minimum Gasteiger partial charge on any atom is -0.345 e. The van der Waals surface area contributed by atoms with Crippen LogP contribution in [0.5, 0.6) is 0 Å². The Kier molecular flexibility index (Phi) is 5.08. The third kappa shape index (κ3) is 3.74. The fourth-order valence-electron chi connectivity index (χ4n) is 3.35. The standard InChI is InChI=1S/C23H23N5O/c1-15(2)28-22-20(14-25-28)19(13-21(27-22)18-7-5-4-6-8-18)23(29)26-16(3)17-9-11-24-12-10-17/h4-16H,1-3H3,(H,26,29)/t16-/m1/s1. The molecule has 6 heteroatoms. The molecule has 1 amide bonds. The quantitative estimate of drug-likeness (QED) is 0.546. The molecule has 0 aliphatic carbocycles. The topological polar surface area (TPSA) is 72.7 Å². The Morgan fingerprint density at radius 2 is 1.76 bits per heavy atom. The maximum atomic E-state index is 13.2. The van der Waals surface area contributed by atoms with E-state index in [2.05, 4.69) is 29.2 Å². The van der Waals surface area contributed by atoms with E-state index in [1.165, 1.54) is 0 Å². The molecule has 0 radical (unpaired) electrons. The molecule has 3 aromatic heterocycles. The lowest BCUT2D eigenvalue weighted by Gasteiger charge is -2.15. The van der Waals surface area contributed by atoms with E-state index in [-0.39, 0.29) is 18.0 Å². The van der Waals surface area contributed by atoms with Gasteiger partial charge in [0.25, 0.3) is 5.91 Å². The van der Waals surface area contributed by atoms with Crippen LogP contribution < -0.4 is 5.32 Å². The summed E-state index contributed by atoms with van der Waals surface area (Å²) in [4.78, 5) is 22.1. The number of amides is 1. The molecule has 1 N–H and O–H groups in total. The molecule has 4 rings (SSSR count). The Morgan fingerprint density at radius 3 is 2.45 bits per heavy atom. The van der Waals surface area contributed by atoms with Gasteiger partial charge in [-0.05, 0) is 44.5 Å². The Bertz CT molecular complexity index is 1140. The Morgan fingerprint density at radius 1 is 1.03 bits per heavy atom. The number of aromatic nitrogens is 4. The highest BCUT2D eigenvalue weighted by atomic mass is 16.1. The van der Waals surface area contributed by atoms with Crippen LogP contribution in [0.25, 0.3) is 22.3 Å². The lowest BCUT2D eigenvalue weighted by molar-refractivity contribution is 0.0941. The second-order valence-electron chi connectivity index (χ2n) is 7.32. The molecule has 1 atom stereocenters. The van der Waals surface area contributed by atoms with E-state index in [0.717, 1.165) is 22.2 Å². The third-order valence-electron chi connectivity index (χ3n) is 4.92. The van der Waals surface area contributed by atoms with Crippen molar-refractivity contribution in [1.29, 1.82) is 0 Å². The molecule has 1 aromatic carbocycles. The van der Waals surface area contributed by atoms with Crippen LogP contribution in [-0.2, 0) is 0 Å². The van der Waals surface area contributed by atoms with Crippen LogP contribution in [0.1, 0.15) is 48.8 Å². The molecule has 29 heavy (non-hydrogen) atoms. The SMILES string of the molecule is CC(C)n1ncc2c(C(=O)N[C@H](C)c3ccncc3)cc(-c3ccccc3)nc21. The largest absolute Gasteiger partial charge is 0.345 e. The summed E-state index contributed by atoms with van der Waals surface area (Å²) >= 11 is 0. The lowest BCUT2D eigenvalue weighted by Crippen LogP contribution is -2.27. The van der Waals surface area contributed by atoms with E-state index < -0.39 is 0 Å². The highest BCUT2D eigenvalue weighted by molar-refractivity contribution is 6.06. The van der Waals surface area contributed by atoms with Gasteiger partial charge in [0, 0.05) is 24.0 Å². The molecule has 0 fully saturated rings. The number of hydrogen-bond donors (Lipinski definition) is 1. The molecular formula is C23H23N5O. The second kappa shape index (κ2) is 7.83. The van der Waals surface area contributed by atoms with Crippen molar-refractivity contribution in [3.05, 3.63) is 78.2 Å². The molecule has 4 aromatic rings. The van der Waals surface area contributed by atoms with Crippen molar-refractivity contribution in [2.24, 2.45) is 0 Å². The fourth-order valence-corrected chi connectivity index (χ4v) is 3.35. The van der Waals surface area contributed by atoms with Crippen molar-refractivity contribution < 1.29 is 4.79 Å². The molecule has 0 bridgehead atoms. The third-order valence-corrected chi connectivity index (χ3v) is 4.92. The Hall–Kier alpha value is -3.54. The molecular weight excluding hydrogens is 362 g/mol. The van der Waals surface area contributed by atoms with Crippen LogP contribution in [0, 0.1) is 0 Å². The number of fused-ring (bicyclic) bond motifs is 1. The summed E-state index contributed by atoms with van der Waals surface area (Å²) in [5, 5.41) is 8.31. The monoisotopic (exact) mass is 385 g/mol. The van der Waals surface area contributed by atoms with Crippen LogP contribution >= 0.6 is 0 Å². The molecule has 0 spiro atoms. The summed E-state index contributed by atoms with van der Waals surface area (Å²) in [7, 11) is 0. The van der Waals surface area contributed by atoms with E-state index in [1.807, 2.05) is 60.1 Å². The van der Waals surface area contributed by atoms with Gasteiger partial charge in [0.1, 0.15) is 0 Å². The average Bonchev–Trinajstić information content (AvgIpc) is 3.18. The number of carbonyl (C=O) groups is 1. The van der Waals surface area contributed by atoms with Crippen LogP contribution in [0.4, 0.5) is 0 Å². The predicted octanol–water partition coefficient (Wildman–Crippen LogP) is 4.57. The maximum absolute atomic E-state index is 13.2. The molecule has 0 saturated heterocycles. The summed E-state index contributed by atoms with van der Waals surface area (Å²) in [6, 6.07) is 15.5. The van der Waals surface area contributed by atoms with E-state index in [1.54, 1.807) is 18.6 Å². The van der Waals surface area contributed by atoms with Crippen molar-refractivity contribution in [2.45, 2.75) is 32.9 Å². The number of benzene rings is 1. The highest BCUT2D eigenvalue weighted by Gasteiger charge is 2.20.